The van der Waals surface area contributed by atoms with Crippen LogP contribution >= 0.6 is 23.2 Å². The lowest BCUT2D eigenvalue weighted by Gasteiger charge is -2.13. The van der Waals surface area contributed by atoms with Crippen LogP contribution in [0.25, 0.3) is 0 Å². The fraction of sp³-hybridized carbons (Fsp3) is 0.375. The molecular weight excluding hydrogens is 417 g/mol. The maximum atomic E-state index is 12.4. The molecule has 0 amide bonds. The normalized spacial score (nSPS) is 11.5. The maximum Gasteiger partial charge on any atom is 0.267 e. The van der Waals surface area contributed by atoms with Gasteiger partial charge in [0.2, 0.25) is 10.0 Å². The minimum absolute atomic E-state index is 0.00492. The molecule has 0 bridgehead atoms. The number of Topliss-reactive ketones (excluding diaryl/α,β-unsaturated/α-hetero) is 1. The number of H-pyrrole nitrogens is 2. The first-order chi connectivity index (χ1) is 12.7. The molecule has 0 saturated carbocycles. The molecule has 148 valence electrons. The Bertz CT molecular complexity index is 969. The summed E-state index contributed by atoms with van der Waals surface area (Å²) in [5, 5.41) is 5.23. The van der Waals surface area contributed by atoms with E-state index in [1.807, 2.05) is 0 Å². The van der Waals surface area contributed by atoms with Crippen LogP contribution in [-0.4, -0.2) is 43.3 Å². The number of ether oxygens (including phenoxy) is 1. The van der Waals surface area contributed by atoms with Crippen LogP contribution in [0.3, 0.4) is 0 Å². The lowest BCUT2D eigenvalue weighted by molar-refractivity contribution is 0.0982. The van der Waals surface area contributed by atoms with Crippen molar-refractivity contribution in [2.45, 2.75) is 19.8 Å². The molecule has 0 saturated heterocycles. The van der Waals surface area contributed by atoms with E-state index in [0.717, 1.165) is 0 Å². The molecule has 0 atom stereocenters. The Labute approximate surface area is 166 Å². The average Bonchev–Trinajstić information content (AvgIpc) is 3.04. The van der Waals surface area contributed by atoms with E-state index in [2.05, 4.69) is 14.9 Å². The second kappa shape index (κ2) is 9.41. The lowest BCUT2D eigenvalue weighted by atomic mass is 10.0. The first-order valence-electron chi connectivity index (χ1n) is 8.11. The van der Waals surface area contributed by atoms with Gasteiger partial charge in [0, 0.05) is 30.3 Å². The van der Waals surface area contributed by atoms with Crippen LogP contribution in [0.1, 0.15) is 29.3 Å². The molecule has 1 heterocycles. The van der Waals surface area contributed by atoms with Crippen LogP contribution in [0.2, 0.25) is 10.0 Å². The molecule has 11 heteroatoms. The van der Waals surface area contributed by atoms with Gasteiger partial charge in [-0.25, -0.2) is 13.1 Å². The van der Waals surface area contributed by atoms with E-state index in [0.29, 0.717) is 5.56 Å². The van der Waals surface area contributed by atoms with Gasteiger partial charge in [0.1, 0.15) is 6.61 Å². The number of hydrogen-bond acceptors (Lipinski definition) is 5. The first-order valence-corrected chi connectivity index (χ1v) is 10.5. The standard InChI is InChI=1S/C16H19Cl2N3O5S/c1-2-27(24,25)20-7-8-26-15-12(17)5-4-11(14(15)18)13(22)6-3-10-9-19-21-16(10)23/h4-5,9,20H,2-3,6-8H2,1H3,(H2,19,21,23). The number of aromatic amines is 2. The number of sulfonamides is 1. The molecule has 0 aliphatic rings. The molecule has 0 aliphatic heterocycles. The van der Waals surface area contributed by atoms with Gasteiger partial charge in [0.25, 0.3) is 5.56 Å². The highest BCUT2D eigenvalue weighted by Crippen LogP contribution is 2.36. The fourth-order valence-electron chi connectivity index (χ4n) is 2.24. The molecule has 27 heavy (non-hydrogen) atoms. The number of rotatable bonds is 10. The van der Waals surface area contributed by atoms with Crippen LogP contribution in [0.15, 0.2) is 23.1 Å². The zero-order chi connectivity index (χ0) is 20.0. The molecule has 0 unspecified atom stereocenters. The minimum atomic E-state index is -3.33. The monoisotopic (exact) mass is 435 g/mol. The zero-order valence-corrected chi connectivity index (χ0v) is 16.8. The van der Waals surface area contributed by atoms with Crippen LogP contribution in [-0.2, 0) is 16.4 Å². The molecule has 2 rings (SSSR count). The number of hydrogen-bond donors (Lipinski definition) is 3. The van der Waals surface area contributed by atoms with Crippen molar-refractivity contribution in [3.63, 3.8) is 0 Å². The third-order valence-electron chi connectivity index (χ3n) is 3.75. The molecule has 2 aromatic rings. The lowest BCUT2D eigenvalue weighted by Crippen LogP contribution is -2.29. The predicted molar refractivity (Wildman–Crippen MR) is 103 cm³/mol. The Morgan fingerprint density at radius 2 is 2.04 bits per heavy atom. The summed E-state index contributed by atoms with van der Waals surface area (Å²) in [5.41, 5.74) is 0.411. The third kappa shape index (κ3) is 5.83. The van der Waals surface area contributed by atoms with Gasteiger partial charge in [-0.3, -0.25) is 14.7 Å². The molecule has 1 aromatic heterocycles. The van der Waals surface area contributed by atoms with Crippen molar-refractivity contribution in [2.75, 3.05) is 18.9 Å². The Morgan fingerprint density at radius 3 is 2.67 bits per heavy atom. The van der Waals surface area contributed by atoms with Crippen molar-refractivity contribution in [1.82, 2.24) is 14.9 Å². The average molecular weight is 436 g/mol. The summed E-state index contributed by atoms with van der Waals surface area (Å²) < 4.78 is 30.6. The van der Waals surface area contributed by atoms with Gasteiger partial charge in [-0.15, -0.1) is 0 Å². The number of aryl methyl sites for hydroxylation is 1. The van der Waals surface area contributed by atoms with Crippen molar-refractivity contribution < 1.29 is 17.9 Å². The molecule has 0 fully saturated rings. The summed E-state index contributed by atoms with van der Waals surface area (Å²) in [4.78, 5) is 23.9. The highest BCUT2D eigenvalue weighted by Gasteiger charge is 2.18. The van der Waals surface area contributed by atoms with E-state index in [-0.39, 0.29) is 64.4 Å². The molecule has 0 spiro atoms. The van der Waals surface area contributed by atoms with Crippen LogP contribution in [0, 0.1) is 0 Å². The van der Waals surface area contributed by atoms with Crippen molar-refractivity contribution in [2.24, 2.45) is 0 Å². The van der Waals surface area contributed by atoms with Gasteiger partial charge in [0.15, 0.2) is 11.5 Å². The van der Waals surface area contributed by atoms with Gasteiger partial charge in [-0.2, -0.15) is 0 Å². The number of halogens is 2. The molecule has 8 nitrogen and oxygen atoms in total. The van der Waals surface area contributed by atoms with Gasteiger partial charge < -0.3 is 9.84 Å². The number of aromatic nitrogens is 2. The molecule has 1 aromatic carbocycles. The second-order valence-corrected chi connectivity index (χ2v) is 8.46. The van der Waals surface area contributed by atoms with Crippen LogP contribution in [0.5, 0.6) is 5.75 Å². The second-order valence-electron chi connectivity index (χ2n) is 5.58. The number of carbonyl (C=O) groups is 1. The SMILES string of the molecule is CCS(=O)(=O)NCCOc1c(Cl)ccc(C(=O)CCc2c[nH][nH]c2=O)c1Cl. The van der Waals surface area contributed by atoms with Crippen molar-refractivity contribution >= 4 is 39.0 Å². The quantitative estimate of drug-likeness (QED) is 0.389. The predicted octanol–water partition coefficient (Wildman–Crippen LogP) is 2.14. The van der Waals surface area contributed by atoms with Gasteiger partial charge >= 0.3 is 0 Å². The highest BCUT2D eigenvalue weighted by atomic mass is 35.5. The van der Waals surface area contributed by atoms with E-state index < -0.39 is 10.0 Å². The van der Waals surface area contributed by atoms with E-state index in [4.69, 9.17) is 27.9 Å². The van der Waals surface area contributed by atoms with Crippen molar-refractivity contribution in [1.29, 1.82) is 0 Å². The molecular formula is C16H19Cl2N3O5S. The van der Waals surface area contributed by atoms with Gasteiger partial charge in [0.05, 0.1) is 15.8 Å². The Morgan fingerprint density at radius 1 is 1.30 bits per heavy atom. The fourth-order valence-corrected chi connectivity index (χ4v) is 3.42. The minimum Gasteiger partial charge on any atom is -0.489 e. The summed E-state index contributed by atoms with van der Waals surface area (Å²) in [6.07, 6.45) is 1.84. The maximum absolute atomic E-state index is 12.4. The van der Waals surface area contributed by atoms with E-state index in [1.165, 1.54) is 25.3 Å². The number of benzene rings is 1. The van der Waals surface area contributed by atoms with E-state index in [1.54, 1.807) is 0 Å². The van der Waals surface area contributed by atoms with Crippen molar-refractivity contribution in [3.05, 3.63) is 49.9 Å². The summed E-state index contributed by atoms with van der Waals surface area (Å²) in [6, 6.07) is 2.97. The molecule has 0 radical (unpaired) electrons. The topological polar surface area (TPSA) is 121 Å². The zero-order valence-electron chi connectivity index (χ0n) is 14.5. The van der Waals surface area contributed by atoms with Gasteiger partial charge in [-0.1, -0.05) is 23.2 Å². The van der Waals surface area contributed by atoms with Gasteiger partial charge in [-0.05, 0) is 25.5 Å². The highest BCUT2D eigenvalue weighted by molar-refractivity contribution is 7.89. The smallest absolute Gasteiger partial charge is 0.267 e. The number of carbonyl (C=O) groups excluding carboxylic acids is 1. The third-order valence-corrected chi connectivity index (χ3v) is 5.82. The summed E-state index contributed by atoms with van der Waals surface area (Å²) in [5.74, 6) is -0.198. The summed E-state index contributed by atoms with van der Waals surface area (Å²) in [7, 11) is -3.33. The molecule has 3 N–H and O–H groups in total. The number of ketones is 1. The van der Waals surface area contributed by atoms with Crippen molar-refractivity contribution in [3.8, 4) is 5.75 Å². The summed E-state index contributed by atoms with van der Waals surface area (Å²) >= 11 is 12.3. The first kappa shape index (κ1) is 21.5. The largest absolute Gasteiger partial charge is 0.489 e. The molecule has 0 aliphatic carbocycles. The number of nitrogens with one attached hydrogen (secondary N) is 3. The Balaban J connectivity index is 2.04. The van der Waals surface area contributed by atoms with E-state index >= 15 is 0 Å². The van der Waals surface area contributed by atoms with Crippen LogP contribution < -0.4 is 15.0 Å². The Kier molecular flexibility index (Phi) is 7.49. The van der Waals surface area contributed by atoms with Crippen LogP contribution in [0.4, 0.5) is 0 Å². The Hall–Kier alpha value is -1.81. The van der Waals surface area contributed by atoms with E-state index in [9.17, 15) is 18.0 Å². The summed E-state index contributed by atoms with van der Waals surface area (Å²) in [6.45, 7) is 1.56.